The maximum absolute atomic E-state index is 12.9. The van der Waals surface area contributed by atoms with Crippen LogP contribution >= 0.6 is 11.6 Å². The van der Waals surface area contributed by atoms with E-state index in [1.54, 1.807) is 6.08 Å². The first kappa shape index (κ1) is 22.4. The average molecular weight is 454 g/mol. The lowest BCUT2D eigenvalue weighted by molar-refractivity contribution is -0.112. The van der Waals surface area contributed by atoms with Crippen LogP contribution in [0, 0.1) is 18.3 Å². The van der Waals surface area contributed by atoms with Gasteiger partial charge in [-0.3, -0.25) is 4.79 Å². The normalized spacial score (nSPS) is 11.4. The Morgan fingerprint density at radius 2 is 1.76 bits per heavy atom. The van der Waals surface area contributed by atoms with Crippen molar-refractivity contribution in [2.24, 2.45) is 0 Å². The number of carbonyl (C=O) groups is 1. The van der Waals surface area contributed by atoms with Gasteiger partial charge in [-0.15, -0.1) is 0 Å². The number of hydrogen-bond acceptors (Lipinski definition) is 2. The van der Waals surface area contributed by atoms with Crippen molar-refractivity contribution >= 4 is 40.2 Å². The number of hydrogen-bond donors (Lipinski definition) is 1. The number of nitrogens with one attached hydrogen (secondary N) is 1. The second kappa shape index (κ2) is 9.77. The van der Waals surface area contributed by atoms with Crippen molar-refractivity contribution in [2.45, 2.75) is 26.8 Å². The van der Waals surface area contributed by atoms with E-state index in [0.29, 0.717) is 17.3 Å². The summed E-state index contributed by atoms with van der Waals surface area (Å²) < 4.78 is 2.17. The van der Waals surface area contributed by atoms with Gasteiger partial charge in [0.25, 0.3) is 5.91 Å². The minimum Gasteiger partial charge on any atom is -0.340 e. The van der Waals surface area contributed by atoms with Crippen molar-refractivity contribution in [1.82, 2.24) is 4.57 Å². The molecule has 1 amide bonds. The Kier molecular flexibility index (Phi) is 6.63. The summed E-state index contributed by atoms with van der Waals surface area (Å²) in [5.41, 5.74) is 5.75. The van der Waals surface area contributed by atoms with Crippen molar-refractivity contribution in [3.63, 3.8) is 0 Å². The number of nitrogens with zero attached hydrogens (tertiary/aromatic N) is 2. The highest BCUT2D eigenvalue weighted by atomic mass is 35.5. The van der Waals surface area contributed by atoms with Crippen LogP contribution in [0.1, 0.15) is 29.3 Å². The van der Waals surface area contributed by atoms with Crippen molar-refractivity contribution < 1.29 is 4.79 Å². The van der Waals surface area contributed by atoms with Gasteiger partial charge in [-0.25, -0.2) is 0 Å². The summed E-state index contributed by atoms with van der Waals surface area (Å²) in [7, 11) is 0. The fourth-order valence-corrected chi connectivity index (χ4v) is 4.15. The Balaban J connectivity index is 1.72. The molecule has 0 radical (unpaired) electrons. The third-order valence-corrected chi connectivity index (χ3v) is 6.21. The monoisotopic (exact) mass is 453 g/mol. The molecule has 4 aromatic rings. The van der Waals surface area contributed by atoms with Gasteiger partial charge in [0, 0.05) is 39.4 Å². The summed E-state index contributed by atoms with van der Waals surface area (Å²) in [4.78, 5) is 12.9. The molecule has 1 N–H and O–H groups in total. The number of rotatable bonds is 6. The number of halogens is 1. The van der Waals surface area contributed by atoms with Gasteiger partial charge in [-0.05, 0) is 54.8 Å². The SMILES string of the molecule is CCc1ccc(NC(=O)C(C#N)=Cc2c(C)n(Cc3ccccc3Cl)c3ccccc23)cc1. The highest BCUT2D eigenvalue weighted by Crippen LogP contribution is 2.30. The van der Waals surface area contributed by atoms with E-state index in [0.717, 1.165) is 34.1 Å². The minimum absolute atomic E-state index is 0.0540. The second-order valence-electron chi connectivity index (χ2n) is 7.87. The number of aryl methyl sites for hydroxylation is 1. The molecule has 0 aliphatic heterocycles. The summed E-state index contributed by atoms with van der Waals surface area (Å²) >= 11 is 6.41. The third kappa shape index (κ3) is 4.69. The molecule has 0 saturated heterocycles. The van der Waals surface area contributed by atoms with Gasteiger partial charge in [-0.1, -0.05) is 67.1 Å². The molecule has 33 heavy (non-hydrogen) atoms. The molecule has 0 aliphatic rings. The van der Waals surface area contributed by atoms with Gasteiger partial charge in [0.15, 0.2) is 0 Å². The van der Waals surface area contributed by atoms with E-state index in [9.17, 15) is 10.1 Å². The summed E-state index contributed by atoms with van der Waals surface area (Å²) in [5, 5.41) is 14.3. The average Bonchev–Trinajstić information content (AvgIpc) is 3.10. The zero-order chi connectivity index (χ0) is 23.4. The molecule has 164 valence electrons. The first-order chi connectivity index (χ1) is 16.0. The first-order valence-corrected chi connectivity index (χ1v) is 11.2. The highest BCUT2D eigenvalue weighted by Gasteiger charge is 2.17. The van der Waals surface area contributed by atoms with E-state index in [-0.39, 0.29) is 5.57 Å². The number of fused-ring (bicyclic) bond motifs is 1. The second-order valence-corrected chi connectivity index (χ2v) is 8.28. The zero-order valence-electron chi connectivity index (χ0n) is 18.6. The Hall–Kier alpha value is -3.81. The van der Waals surface area contributed by atoms with Crippen LogP contribution in [0.2, 0.25) is 5.02 Å². The molecule has 5 heteroatoms. The summed E-state index contributed by atoms with van der Waals surface area (Å²) in [6.45, 7) is 4.67. The van der Waals surface area contributed by atoms with Crippen molar-refractivity contribution in [3.05, 3.63) is 106 Å². The predicted octanol–water partition coefficient (Wildman–Crippen LogP) is 6.76. The first-order valence-electron chi connectivity index (χ1n) is 10.8. The maximum Gasteiger partial charge on any atom is 0.266 e. The molecule has 0 atom stereocenters. The lowest BCUT2D eigenvalue weighted by Gasteiger charge is -2.10. The molecular weight excluding hydrogens is 430 g/mol. The third-order valence-electron chi connectivity index (χ3n) is 5.84. The number of aromatic nitrogens is 1. The van der Waals surface area contributed by atoms with Gasteiger partial charge in [0.1, 0.15) is 11.6 Å². The maximum atomic E-state index is 12.9. The van der Waals surface area contributed by atoms with Crippen molar-refractivity contribution in [2.75, 3.05) is 5.32 Å². The lowest BCUT2D eigenvalue weighted by Crippen LogP contribution is -2.13. The molecule has 0 bridgehead atoms. The van der Waals surface area contributed by atoms with E-state index in [1.807, 2.05) is 79.7 Å². The number of amides is 1. The van der Waals surface area contributed by atoms with Gasteiger partial charge in [-0.2, -0.15) is 5.26 Å². The van der Waals surface area contributed by atoms with Crippen LogP contribution in [-0.2, 0) is 17.8 Å². The van der Waals surface area contributed by atoms with E-state index in [1.165, 1.54) is 5.56 Å². The molecule has 3 aromatic carbocycles. The highest BCUT2D eigenvalue weighted by molar-refractivity contribution is 6.31. The fraction of sp³-hybridized carbons (Fsp3) is 0.143. The fourth-order valence-electron chi connectivity index (χ4n) is 3.96. The molecule has 0 unspecified atom stereocenters. The van der Waals surface area contributed by atoms with Crippen molar-refractivity contribution in [1.29, 1.82) is 5.26 Å². The van der Waals surface area contributed by atoms with Crippen LogP contribution in [0.15, 0.2) is 78.4 Å². The van der Waals surface area contributed by atoms with Gasteiger partial charge in [0.2, 0.25) is 0 Å². The van der Waals surface area contributed by atoms with E-state index < -0.39 is 5.91 Å². The van der Waals surface area contributed by atoms with E-state index in [4.69, 9.17) is 11.6 Å². The lowest BCUT2D eigenvalue weighted by atomic mass is 10.1. The van der Waals surface area contributed by atoms with Crippen LogP contribution in [0.25, 0.3) is 17.0 Å². The van der Waals surface area contributed by atoms with E-state index in [2.05, 4.69) is 22.9 Å². The van der Waals surface area contributed by atoms with Gasteiger partial charge >= 0.3 is 0 Å². The minimum atomic E-state index is -0.427. The molecule has 0 aliphatic carbocycles. The molecular formula is C28H24ClN3O. The number of carbonyl (C=O) groups excluding carboxylic acids is 1. The summed E-state index contributed by atoms with van der Waals surface area (Å²) in [6.07, 6.45) is 2.60. The molecule has 0 saturated carbocycles. The Morgan fingerprint density at radius 3 is 2.45 bits per heavy atom. The molecule has 4 rings (SSSR count). The van der Waals surface area contributed by atoms with Crippen molar-refractivity contribution in [3.8, 4) is 6.07 Å². The van der Waals surface area contributed by atoms with Gasteiger partial charge < -0.3 is 9.88 Å². The summed E-state index contributed by atoms with van der Waals surface area (Å²) in [5.74, 6) is -0.427. The Bertz CT molecular complexity index is 1390. The molecule has 1 heterocycles. The quantitative estimate of drug-likeness (QED) is 0.259. The molecule has 0 spiro atoms. The standard InChI is InChI=1S/C28H24ClN3O/c1-3-20-12-14-23(15-13-20)31-28(33)22(17-30)16-25-19(2)32(27-11-7-5-9-24(25)27)18-21-8-4-6-10-26(21)29/h4-16H,3,18H2,1-2H3,(H,31,33). The summed E-state index contributed by atoms with van der Waals surface area (Å²) in [6, 6.07) is 25.5. The number of nitriles is 1. The Morgan fingerprint density at radius 1 is 1.06 bits per heavy atom. The molecule has 1 aromatic heterocycles. The topological polar surface area (TPSA) is 57.8 Å². The number of anilines is 1. The van der Waals surface area contributed by atoms with Gasteiger partial charge in [0.05, 0.1) is 0 Å². The zero-order valence-corrected chi connectivity index (χ0v) is 19.4. The van der Waals surface area contributed by atoms with Crippen LogP contribution in [0.3, 0.4) is 0 Å². The van der Waals surface area contributed by atoms with Crippen LogP contribution in [0.4, 0.5) is 5.69 Å². The smallest absolute Gasteiger partial charge is 0.266 e. The molecule has 4 nitrogen and oxygen atoms in total. The number of benzene rings is 3. The number of para-hydroxylation sites is 1. The largest absolute Gasteiger partial charge is 0.340 e. The van der Waals surface area contributed by atoms with Crippen LogP contribution < -0.4 is 5.32 Å². The van der Waals surface area contributed by atoms with E-state index >= 15 is 0 Å². The Labute approximate surface area is 198 Å². The van der Waals surface area contributed by atoms with Crippen LogP contribution in [0.5, 0.6) is 0 Å². The molecule has 0 fully saturated rings. The predicted molar refractivity (Wildman–Crippen MR) is 135 cm³/mol. The van der Waals surface area contributed by atoms with Crippen LogP contribution in [-0.4, -0.2) is 10.5 Å².